The molecule has 1 fully saturated rings. The van der Waals surface area contributed by atoms with Gasteiger partial charge in [0.2, 0.25) is 6.10 Å². The highest BCUT2D eigenvalue weighted by Gasteiger charge is 2.29. The van der Waals surface area contributed by atoms with E-state index < -0.39 is 6.10 Å². The van der Waals surface area contributed by atoms with Gasteiger partial charge >= 0.3 is 6.03 Å². The van der Waals surface area contributed by atoms with E-state index in [-0.39, 0.29) is 24.1 Å². The van der Waals surface area contributed by atoms with Crippen LogP contribution >= 0.6 is 0 Å². The summed E-state index contributed by atoms with van der Waals surface area (Å²) in [4.78, 5) is 26.4. The maximum atomic E-state index is 12.4. The van der Waals surface area contributed by atoms with Crippen LogP contribution in [0.15, 0.2) is 24.3 Å². The molecule has 2 N–H and O–H groups in total. The van der Waals surface area contributed by atoms with Gasteiger partial charge in [0.15, 0.2) is 11.5 Å². The van der Waals surface area contributed by atoms with Gasteiger partial charge in [0.1, 0.15) is 6.61 Å². The molecule has 3 amide bonds. The van der Waals surface area contributed by atoms with E-state index in [2.05, 4.69) is 10.6 Å². The molecule has 1 aromatic carbocycles. The highest BCUT2D eigenvalue weighted by Crippen LogP contribution is 2.30. The number of amides is 3. The summed E-state index contributed by atoms with van der Waals surface area (Å²) in [5, 5.41) is 5.96. The van der Waals surface area contributed by atoms with Crippen LogP contribution in [0.5, 0.6) is 11.5 Å². The Labute approximate surface area is 160 Å². The second kappa shape index (κ2) is 8.06. The highest BCUT2D eigenvalue weighted by molar-refractivity contribution is 5.81. The van der Waals surface area contributed by atoms with Crippen molar-refractivity contribution >= 4 is 11.9 Å². The van der Waals surface area contributed by atoms with Crippen molar-refractivity contribution in [2.75, 3.05) is 26.2 Å². The van der Waals surface area contributed by atoms with Crippen molar-refractivity contribution in [3.63, 3.8) is 0 Å². The molecule has 3 rings (SSSR count). The van der Waals surface area contributed by atoms with Crippen LogP contribution < -0.4 is 20.1 Å². The van der Waals surface area contributed by atoms with Gasteiger partial charge in [-0.1, -0.05) is 12.1 Å². The molecule has 1 unspecified atom stereocenters. The van der Waals surface area contributed by atoms with E-state index in [1.807, 2.05) is 43.9 Å². The third kappa shape index (κ3) is 5.28. The number of fused-ring (bicyclic) bond motifs is 1. The summed E-state index contributed by atoms with van der Waals surface area (Å²) in [5.74, 6) is 1.48. The van der Waals surface area contributed by atoms with Crippen molar-refractivity contribution in [3.8, 4) is 11.5 Å². The Balaban J connectivity index is 1.40. The lowest BCUT2D eigenvalue weighted by atomic mass is 9.97. The molecule has 7 heteroatoms. The fourth-order valence-electron chi connectivity index (χ4n) is 3.25. The number of para-hydroxylation sites is 2. The van der Waals surface area contributed by atoms with Crippen molar-refractivity contribution in [2.45, 2.75) is 45.3 Å². The van der Waals surface area contributed by atoms with E-state index in [4.69, 9.17) is 9.47 Å². The van der Waals surface area contributed by atoms with E-state index in [1.54, 1.807) is 6.07 Å². The highest BCUT2D eigenvalue weighted by atomic mass is 16.6. The molecule has 148 valence electrons. The Bertz CT molecular complexity index is 678. The zero-order valence-electron chi connectivity index (χ0n) is 16.3. The number of nitrogens with one attached hydrogen (secondary N) is 2. The molecule has 1 aromatic rings. The molecule has 2 aliphatic rings. The summed E-state index contributed by atoms with van der Waals surface area (Å²) >= 11 is 0. The molecule has 2 heterocycles. The largest absolute Gasteiger partial charge is 0.485 e. The molecule has 27 heavy (non-hydrogen) atoms. The zero-order valence-corrected chi connectivity index (χ0v) is 16.3. The Kier molecular flexibility index (Phi) is 5.77. The molecule has 0 saturated carbocycles. The van der Waals surface area contributed by atoms with Crippen LogP contribution in [0.25, 0.3) is 0 Å². The van der Waals surface area contributed by atoms with Gasteiger partial charge in [0.05, 0.1) is 0 Å². The molecule has 0 aromatic heterocycles. The summed E-state index contributed by atoms with van der Waals surface area (Å²) in [6.07, 6.45) is 1.13. The number of hydrogen-bond donors (Lipinski definition) is 2. The summed E-state index contributed by atoms with van der Waals surface area (Å²) in [6, 6.07) is 7.33. The number of ether oxygens (including phenoxy) is 2. The molecular formula is C20H29N3O4. The summed E-state index contributed by atoms with van der Waals surface area (Å²) in [7, 11) is 0. The summed E-state index contributed by atoms with van der Waals surface area (Å²) < 4.78 is 11.3. The number of carbonyl (C=O) groups is 2. The fourth-order valence-corrected chi connectivity index (χ4v) is 3.25. The molecular weight excluding hydrogens is 346 g/mol. The Morgan fingerprint density at radius 2 is 1.81 bits per heavy atom. The van der Waals surface area contributed by atoms with Gasteiger partial charge in [-0.05, 0) is 51.7 Å². The van der Waals surface area contributed by atoms with Crippen LogP contribution in [0, 0.1) is 5.92 Å². The molecule has 0 spiro atoms. The summed E-state index contributed by atoms with van der Waals surface area (Å²) in [5.41, 5.74) is -0.234. The predicted octanol–water partition coefficient (Wildman–Crippen LogP) is 2.16. The zero-order chi connectivity index (χ0) is 19.4. The molecule has 7 nitrogen and oxygen atoms in total. The number of nitrogens with zero attached hydrogens (tertiary/aromatic N) is 1. The van der Waals surface area contributed by atoms with Gasteiger partial charge in [-0.3, -0.25) is 4.79 Å². The molecule has 1 atom stereocenters. The minimum atomic E-state index is -0.627. The van der Waals surface area contributed by atoms with Crippen molar-refractivity contribution in [2.24, 2.45) is 5.92 Å². The Morgan fingerprint density at radius 3 is 2.48 bits per heavy atom. The first-order chi connectivity index (χ1) is 12.8. The van der Waals surface area contributed by atoms with Crippen molar-refractivity contribution in [1.29, 1.82) is 0 Å². The monoisotopic (exact) mass is 375 g/mol. The number of benzene rings is 1. The standard InChI is InChI=1S/C20H29N3O4/c1-20(2,3)22-19(25)23-10-8-14(9-11-23)12-21-18(24)17-13-26-15-6-4-5-7-16(15)27-17/h4-7,14,17H,8-13H2,1-3H3,(H,21,24)(H,22,25). The van der Waals surface area contributed by atoms with E-state index in [0.29, 0.717) is 37.1 Å². The number of rotatable bonds is 3. The second-order valence-corrected chi connectivity index (χ2v) is 8.22. The maximum Gasteiger partial charge on any atom is 0.317 e. The van der Waals surface area contributed by atoms with Crippen LogP contribution in [0.2, 0.25) is 0 Å². The van der Waals surface area contributed by atoms with Crippen LogP contribution in [0.4, 0.5) is 4.79 Å². The van der Waals surface area contributed by atoms with E-state index in [1.165, 1.54) is 0 Å². The third-order valence-electron chi connectivity index (χ3n) is 4.75. The number of hydrogen-bond acceptors (Lipinski definition) is 4. The first kappa shape index (κ1) is 19.3. The van der Waals surface area contributed by atoms with E-state index in [9.17, 15) is 9.59 Å². The smallest absolute Gasteiger partial charge is 0.317 e. The van der Waals surface area contributed by atoms with Gasteiger partial charge in [-0.2, -0.15) is 0 Å². The van der Waals surface area contributed by atoms with Crippen LogP contribution in [-0.4, -0.2) is 54.7 Å². The SMILES string of the molecule is CC(C)(C)NC(=O)N1CCC(CNC(=O)C2COc3ccccc3O2)CC1. The van der Waals surface area contributed by atoms with Gasteiger partial charge in [0.25, 0.3) is 5.91 Å². The molecule has 1 saturated heterocycles. The topological polar surface area (TPSA) is 79.9 Å². The second-order valence-electron chi connectivity index (χ2n) is 8.22. The van der Waals surface area contributed by atoms with E-state index in [0.717, 1.165) is 12.8 Å². The summed E-state index contributed by atoms with van der Waals surface area (Å²) in [6.45, 7) is 8.15. The van der Waals surface area contributed by atoms with Gasteiger partial charge in [-0.15, -0.1) is 0 Å². The fraction of sp³-hybridized carbons (Fsp3) is 0.600. The minimum Gasteiger partial charge on any atom is -0.485 e. The normalized spacial score (nSPS) is 20.1. The van der Waals surface area contributed by atoms with Gasteiger partial charge in [0, 0.05) is 25.2 Å². The lowest BCUT2D eigenvalue weighted by molar-refractivity contribution is -0.130. The number of carbonyl (C=O) groups excluding carboxylic acids is 2. The lowest BCUT2D eigenvalue weighted by Crippen LogP contribution is -2.51. The van der Waals surface area contributed by atoms with Crippen molar-refractivity contribution in [1.82, 2.24) is 15.5 Å². The number of piperidine rings is 1. The minimum absolute atomic E-state index is 0.0172. The number of likely N-dealkylation sites (tertiary alicyclic amines) is 1. The first-order valence-electron chi connectivity index (χ1n) is 9.55. The van der Waals surface area contributed by atoms with E-state index >= 15 is 0 Å². The quantitative estimate of drug-likeness (QED) is 0.849. The van der Waals surface area contributed by atoms with Crippen molar-refractivity contribution in [3.05, 3.63) is 24.3 Å². The average molecular weight is 375 g/mol. The van der Waals surface area contributed by atoms with Gasteiger partial charge < -0.3 is 25.0 Å². The van der Waals surface area contributed by atoms with Crippen LogP contribution in [0.1, 0.15) is 33.6 Å². The Morgan fingerprint density at radius 1 is 1.15 bits per heavy atom. The maximum absolute atomic E-state index is 12.4. The van der Waals surface area contributed by atoms with Crippen LogP contribution in [0.3, 0.4) is 0 Å². The molecule has 0 radical (unpaired) electrons. The van der Waals surface area contributed by atoms with Crippen molar-refractivity contribution < 1.29 is 19.1 Å². The third-order valence-corrected chi connectivity index (χ3v) is 4.75. The average Bonchev–Trinajstić information content (AvgIpc) is 2.64. The van der Waals surface area contributed by atoms with Crippen LogP contribution in [-0.2, 0) is 4.79 Å². The number of urea groups is 1. The first-order valence-corrected chi connectivity index (χ1v) is 9.55. The lowest BCUT2D eigenvalue weighted by Gasteiger charge is -2.34. The predicted molar refractivity (Wildman–Crippen MR) is 102 cm³/mol. The Hall–Kier alpha value is -2.44. The molecule has 0 aliphatic carbocycles. The molecule has 0 bridgehead atoms. The molecule has 2 aliphatic heterocycles. The van der Waals surface area contributed by atoms with Gasteiger partial charge in [-0.25, -0.2) is 4.79 Å².